The van der Waals surface area contributed by atoms with E-state index in [4.69, 9.17) is 6.52 Å². The summed E-state index contributed by atoms with van der Waals surface area (Å²) >= 11 is 0. The first-order valence-corrected chi connectivity index (χ1v) is 2.49. The number of hydrogen-bond donors (Lipinski definition) is 2. The summed E-state index contributed by atoms with van der Waals surface area (Å²) in [5.74, 6) is -0.986. The van der Waals surface area contributed by atoms with Gasteiger partial charge in [0.15, 0.2) is 0 Å². The van der Waals surface area contributed by atoms with Crippen molar-refractivity contribution in [1.82, 2.24) is 0 Å². The molecular weight excluding hydrogens is 106 g/mol. The Morgan fingerprint density at radius 3 is 2.62 bits per heavy atom. The van der Waals surface area contributed by atoms with Crippen LogP contribution in [-0.2, 0) is 4.79 Å². The van der Waals surface area contributed by atoms with Gasteiger partial charge in [-0.1, -0.05) is 6.92 Å². The molecule has 0 saturated heterocycles. The Balaban J connectivity index is 4.09. The fraction of sp³-hybridized carbons (Fsp3) is 0.800. The van der Waals surface area contributed by atoms with Crippen molar-refractivity contribution in [2.24, 2.45) is 5.73 Å². The van der Waals surface area contributed by atoms with Gasteiger partial charge in [-0.3, -0.25) is 4.79 Å². The summed E-state index contributed by atoms with van der Waals surface area (Å²) in [6, 6.07) is 0. The zero-order chi connectivity index (χ0) is 7.49. The van der Waals surface area contributed by atoms with Crippen molar-refractivity contribution in [3.8, 4) is 0 Å². The van der Waals surface area contributed by atoms with Gasteiger partial charge >= 0.3 is 5.97 Å². The summed E-state index contributed by atoms with van der Waals surface area (Å²) < 4.78 is 6.66. The van der Waals surface area contributed by atoms with E-state index in [1.165, 1.54) is 6.92 Å². The van der Waals surface area contributed by atoms with Crippen molar-refractivity contribution in [3.63, 3.8) is 0 Å². The van der Waals surface area contributed by atoms with Crippen LogP contribution in [0.2, 0.25) is 1.41 Å². The molecule has 0 amide bonds. The van der Waals surface area contributed by atoms with Crippen LogP contribution < -0.4 is 5.73 Å². The molecule has 0 fully saturated rings. The fourth-order valence-electron chi connectivity index (χ4n) is 0.151. The highest BCUT2D eigenvalue weighted by Crippen LogP contribution is 2.02. The molecule has 0 spiro atoms. The predicted molar refractivity (Wildman–Crippen MR) is 30.5 cm³/mol. The molecule has 0 aromatic carbocycles. The highest BCUT2D eigenvalue weighted by Gasteiger charge is 2.24. The van der Waals surface area contributed by atoms with Crippen molar-refractivity contribution in [1.29, 1.82) is 0 Å². The second-order valence-electron chi connectivity index (χ2n) is 1.99. The van der Waals surface area contributed by atoms with Crippen LogP contribution in [0.4, 0.5) is 0 Å². The standard InChI is InChI=1S/C5H11NO2/c1-3-5(2,6)4(7)8/h3,6H2,1-2H3,(H,7,8)/t5-/m0/s1/i/hD. The van der Waals surface area contributed by atoms with Gasteiger partial charge in [-0.2, -0.15) is 0 Å². The zero-order valence-electron chi connectivity index (χ0n) is 6.06. The topological polar surface area (TPSA) is 63.3 Å². The maximum Gasteiger partial charge on any atom is 0.323 e. The molecule has 8 heavy (non-hydrogen) atoms. The van der Waals surface area contributed by atoms with Gasteiger partial charge in [0.25, 0.3) is 0 Å². The number of rotatable bonds is 3. The van der Waals surface area contributed by atoms with Gasteiger partial charge in [0.2, 0.25) is 0 Å². The highest BCUT2D eigenvalue weighted by molar-refractivity contribution is 5.77. The monoisotopic (exact) mass is 118 g/mol. The molecule has 0 heterocycles. The molecule has 0 radical (unpaired) electrons. The summed E-state index contributed by atoms with van der Waals surface area (Å²) in [6.07, 6.45) is 0.409. The Labute approximate surface area is 50.0 Å². The maximum absolute atomic E-state index is 10.3. The number of aliphatic carboxylic acids is 1. The van der Waals surface area contributed by atoms with E-state index < -0.39 is 11.5 Å². The maximum atomic E-state index is 10.3. The average Bonchev–Trinajstić information content (AvgIpc) is 1.86. The van der Waals surface area contributed by atoms with Crippen LogP contribution in [0, 0.1) is 0 Å². The Morgan fingerprint density at radius 1 is 2.12 bits per heavy atom. The van der Waals surface area contributed by atoms with Gasteiger partial charge in [0.05, 0.1) is 0 Å². The first-order valence-electron chi connectivity index (χ1n) is 2.99. The van der Waals surface area contributed by atoms with E-state index in [9.17, 15) is 4.79 Å². The van der Waals surface area contributed by atoms with Crippen molar-refractivity contribution in [2.45, 2.75) is 25.8 Å². The molecule has 0 saturated carbocycles. The van der Waals surface area contributed by atoms with E-state index >= 15 is 0 Å². The third-order valence-electron chi connectivity index (χ3n) is 1.18. The second-order valence-corrected chi connectivity index (χ2v) is 1.99. The van der Waals surface area contributed by atoms with Gasteiger partial charge in [-0.15, -0.1) is 0 Å². The van der Waals surface area contributed by atoms with Crippen LogP contribution in [0.3, 0.4) is 0 Å². The Kier molecular flexibility index (Phi) is 1.48. The van der Waals surface area contributed by atoms with Gasteiger partial charge in [0.1, 0.15) is 6.95 Å². The van der Waals surface area contributed by atoms with Crippen LogP contribution in [0.15, 0.2) is 0 Å². The molecule has 0 rings (SSSR count). The zero-order valence-corrected chi connectivity index (χ0v) is 5.06. The Morgan fingerprint density at radius 2 is 2.62 bits per heavy atom. The smallest absolute Gasteiger partial charge is 0.323 e. The summed E-state index contributed by atoms with van der Waals surface area (Å²) in [7, 11) is 0. The minimum atomic E-state index is -1.08. The third kappa shape index (κ3) is 1.50. The predicted octanol–water partition coefficient (Wildman–Crippen LogP) is 0.198. The van der Waals surface area contributed by atoms with Crippen LogP contribution >= 0.6 is 0 Å². The van der Waals surface area contributed by atoms with Gasteiger partial charge in [-0.05, 0) is 13.3 Å². The summed E-state index contributed by atoms with van der Waals surface area (Å²) in [5, 5.41) is 8.45. The fourth-order valence-corrected chi connectivity index (χ4v) is 0.151. The molecule has 0 aliphatic heterocycles. The van der Waals surface area contributed by atoms with Crippen LogP contribution in [-0.4, -0.2) is 16.6 Å². The van der Waals surface area contributed by atoms with Crippen LogP contribution in [0.1, 0.15) is 20.3 Å². The molecular formula is C5H11NO2. The normalized spacial score (nSPS) is 19.0. The van der Waals surface area contributed by atoms with Crippen LogP contribution in [0.25, 0.3) is 0 Å². The molecule has 0 bridgehead atoms. The molecule has 1 atom stereocenters. The summed E-state index contributed by atoms with van der Waals surface area (Å²) in [5.41, 5.74) is 0.895. The second kappa shape index (κ2) is 2.13. The number of carbonyl (C=O) groups is 1. The lowest BCUT2D eigenvalue weighted by atomic mass is 10.0. The molecule has 0 aliphatic carbocycles. The molecule has 0 aromatic rings. The molecule has 0 unspecified atom stereocenters. The molecule has 0 aliphatic rings. The SMILES string of the molecule is [2H]N[C@@](C)(CC)C(=O)O. The first-order chi connectivity index (χ1) is 4.06. The number of hydrogen-bond acceptors (Lipinski definition) is 2. The molecule has 48 valence electrons. The van der Waals surface area contributed by atoms with E-state index in [2.05, 4.69) is 0 Å². The number of carboxylic acid groups (broad SMARTS) is 1. The highest BCUT2D eigenvalue weighted by atomic mass is 16.4. The average molecular weight is 118 g/mol. The number of carboxylic acids is 1. The Bertz CT molecular complexity index is 112. The lowest BCUT2D eigenvalue weighted by Crippen LogP contribution is -2.43. The van der Waals surface area contributed by atoms with E-state index in [1.807, 2.05) is 5.73 Å². The quantitative estimate of drug-likeness (QED) is 0.556. The molecule has 3 N–H and O–H groups in total. The van der Waals surface area contributed by atoms with Crippen molar-refractivity contribution in [2.75, 3.05) is 0 Å². The molecule has 3 nitrogen and oxygen atoms in total. The van der Waals surface area contributed by atoms with E-state index in [0.717, 1.165) is 0 Å². The molecule has 3 heteroatoms. The largest absolute Gasteiger partial charge is 0.480 e. The van der Waals surface area contributed by atoms with E-state index in [1.54, 1.807) is 6.92 Å². The number of nitrogens with two attached hydrogens (primary N) is 1. The minimum absolute atomic E-state index is 0.409. The summed E-state index contributed by atoms with van der Waals surface area (Å²) in [6.45, 7) is 3.19. The first kappa shape index (κ1) is 5.56. The van der Waals surface area contributed by atoms with E-state index in [-0.39, 0.29) is 0 Å². The summed E-state index contributed by atoms with van der Waals surface area (Å²) in [4.78, 5) is 10.3. The lowest BCUT2D eigenvalue weighted by molar-refractivity contribution is -0.142. The van der Waals surface area contributed by atoms with Crippen molar-refractivity contribution >= 4 is 5.97 Å². The Hall–Kier alpha value is -0.570. The van der Waals surface area contributed by atoms with Gasteiger partial charge in [0, 0.05) is 0 Å². The third-order valence-corrected chi connectivity index (χ3v) is 1.18. The lowest BCUT2D eigenvalue weighted by Gasteiger charge is -2.14. The minimum Gasteiger partial charge on any atom is -0.480 e. The van der Waals surface area contributed by atoms with Crippen molar-refractivity contribution < 1.29 is 11.3 Å². The van der Waals surface area contributed by atoms with Crippen molar-refractivity contribution in [3.05, 3.63) is 0 Å². The molecule has 0 aromatic heterocycles. The van der Waals surface area contributed by atoms with Gasteiger partial charge < -0.3 is 10.8 Å². The van der Waals surface area contributed by atoms with E-state index in [0.29, 0.717) is 6.42 Å². The van der Waals surface area contributed by atoms with Crippen LogP contribution in [0.5, 0.6) is 0 Å². The van der Waals surface area contributed by atoms with Gasteiger partial charge in [-0.25, -0.2) is 0 Å².